The first-order valence-corrected chi connectivity index (χ1v) is 18.8. The highest BCUT2D eigenvalue weighted by Crippen LogP contribution is 2.47. The van der Waals surface area contributed by atoms with Gasteiger partial charge in [-0.2, -0.15) is 4.31 Å². The molecule has 2 aromatic carbocycles. The Balaban J connectivity index is 1.53. The number of rotatable bonds is 10. The van der Waals surface area contributed by atoms with Crippen molar-refractivity contribution >= 4 is 62.5 Å². The number of sulfonamides is 1. The van der Waals surface area contributed by atoms with Crippen LogP contribution < -0.4 is 10.5 Å². The molecule has 13 heteroatoms. The van der Waals surface area contributed by atoms with Gasteiger partial charge in [0, 0.05) is 24.0 Å². The largest absolute Gasteiger partial charge is 0.479 e. The summed E-state index contributed by atoms with van der Waals surface area (Å²) in [6.07, 6.45) is 3.10. The number of carbonyl (C=O) groups excluding carboxylic acids is 2. The predicted molar refractivity (Wildman–Crippen MR) is 196 cm³/mol. The SMILES string of the molecule is CC(C)(C)OC(=O)COc1c(C(=O)OC(C)(C)C)sc(-c2cccc(N=CC3CCN(S(=O)(=O)Cc4cccc(N)c4)C(C)(C)C3)c2)c1Cl. The van der Waals surface area contributed by atoms with Crippen LogP contribution in [0.25, 0.3) is 10.4 Å². The van der Waals surface area contributed by atoms with Gasteiger partial charge in [0.2, 0.25) is 10.0 Å². The van der Waals surface area contributed by atoms with Gasteiger partial charge in [0.1, 0.15) is 16.2 Å². The summed E-state index contributed by atoms with van der Waals surface area (Å²) in [4.78, 5) is 31.1. The fraction of sp³-hybridized carbons (Fsp3) is 0.472. The normalized spacial score (nSPS) is 17.2. The van der Waals surface area contributed by atoms with E-state index >= 15 is 0 Å². The smallest absolute Gasteiger partial charge is 0.352 e. The van der Waals surface area contributed by atoms with E-state index in [-0.39, 0.29) is 27.3 Å². The molecule has 1 aromatic heterocycles. The Morgan fingerprint density at radius 3 is 2.37 bits per heavy atom. The van der Waals surface area contributed by atoms with Crippen LogP contribution in [0.1, 0.15) is 83.5 Å². The molecular formula is C36H46ClN3O7S2. The number of anilines is 1. The molecule has 2 heterocycles. The lowest BCUT2D eigenvalue weighted by Crippen LogP contribution is -2.53. The van der Waals surface area contributed by atoms with Gasteiger partial charge in [-0.1, -0.05) is 35.9 Å². The maximum atomic E-state index is 13.4. The zero-order valence-corrected chi connectivity index (χ0v) is 31.7. The second-order valence-corrected chi connectivity index (χ2v) is 18.0. The van der Waals surface area contributed by atoms with Crippen molar-refractivity contribution in [2.45, 2.75) is 90.7 Å². The minimum absolute atomic E-state index is 0.0504. The standard InChI is InChI=1S/C36H46ClN3O7S2/c1-34(2,3)46-28(41)21-45-30-29(37)31(48-32(30)33(42)47-35(4,5)6)25-12-10-14-27(18-25)39-20-24-15-16-40(36(7,8)19-24)49(43,44)22-23-11-9-13-26(38)17-23/h9-14,17-18,20,24H,15-16,19,21-22,38H2,1-8H3. The van der Waals surface area contributed by atoms with E-state index in [9.17, 15) is 18.0 Å². The van der Waals surface area contributed by atoms with Crippen LogP contribution in [0.5, 0.6) is 5.75 Å². The van der Waals surface area contributed by atoms with Crippen molar-refractivity contribution in [1.82, 2.24) is 4.31 Å². The summed E-state index contributed by atoms with van der Waals surface area (Å²) in [5.41, 5.74) is 6.32. The van der Waals surface area contributed by atoms with Crippen molar-refractivity contribution in [3.05, 3.63) is 64.0 Å². The first-order chi connectivity index (χ1) is 22.6. The fourth-order valence-electron chi connectivity index (χ4n) is 5.64. The van der Waals surface area contributed by atoms with E-state index < -0.39 is 45.3 Å². The zero-order valence-electron chi connectivity index (χ0n) is 29.3. The number of benzene rings is 2. The van der Waals surface area contributed by atoms with Gasteiger partial charge in [0.25, 0.3) is 0 Å². The molecule has 0 saturated carbocycles. The Kier molecular flexibility index (Phi) is 11.6. The molecule has 1 aliphatic rings. The third kappa shape index (κ3) is 10.5. The lowest BCUT2D eigenvalue weighted by molar-refractivity contribution is -0.157. The van der Waals surface area contributed by atoms with E-state index in [1.807, 2.05) is 44.3 Å². The molecule has 1 saturated heterocycles. The summed E-state index contributed by atoms with van der Waals surface area (Å²) in [5, 5.41) is 0.170. The first kappa shape index (κ1) is 38.4. The lowest BCUT2D eigenvalue weighted by atomic mass is 9.85. The second kappa shape index (κ2) is 14.8. The van der Waals surface area contributed by atoms with Gasteiger partial charge in [-0.3, -0.25) is 4.99 Å². The van der Waals surface area contributed by atoms with Gasteiger partial charge < -0.3 is 19.9 Å². The average Bonchev–Trinajstić information content (AvgIpc) is 3.28. The molecule has 1 atom stereocenters. The highest BCUT2D eigenvalue weighted by atomic mass is 35.5. The monoisotopic (exact) mass is 731 g/mol. The molecule has 0 aliphatic carbocycles. The van der Waals surface area contributed by atoms with E-state index in [0.717, 1.165) is 11.3 Å². The Morgan fingerprint density at radius 2 is 1.73 bits per heavy atom. The molecule has 49 heavy (non-hydrogen) atoms. The molecule has 4 rings (SSSR count). The molecule has 1 fully saturated rings. The molecular weight excluding hydrogens is 686 g/mol. The highest BCUT2D eigenvalue weighted by molar-refractivity contribution is 7.88. The predicted octanol–water partition coefficient (Wildman–Crippen LogP) is 8.05. The number of piperidine rings is 1. The molecule has 10 nitrogen and oxygen atoms in total. The second-order valence-electron chi connectivity index (χ2n) is 14.7. The third-order valence-corrected chi connectivity index (χ3v) is 11.2. The number of thiophene rings is 1. The molecule has 2 N–H and O–H groups in total. The van der Waals surface area contributed by atoms with E-state index in [2.05, 4.69) is 0 Å². The van der Waals surface area contributed by atoms with Crippen LogP contribution >= 0.6 is 22.9 Å². The molecule has 266 valence electrons. The van der Waals surface area contributed by atoms with Crippen LogP contribution in [0.3, 0.4) is 0 Å². The molecule has 0 spiro atoms. The highest BCUT2D eigenvalue weighted by Gasteiger charge is 2.41. The number of hydrogen-bond donors (Lipinski definition) is 1. The molecule has 1 aliphatic heterocycles. The van der Waals surface area contributed by atoms with Crippen LogP contribution in [-0.2, 0) is 30.0 Å². The van der Waals surface area contributed by atoms with E-state index in [1.165, 1.54) is 0 Å². The molecule has 3 aromatic rings. The number of ether oxygens (including phenoxy) is 3. The summed E-state index contributed by atoms with van der Waals surface area (Å²) in [5.74, 6) is -1.23. The number of aliphatic imine (C=N–C) groups is 1. The number of hydrogen-bond acceptors (Lipinski definition) is 10. The molecule has 1 unspecified atom stereocenters. The number of nitrogens with zero attached hydrogens (tertiary/aromatic N) is 2. The van der Waals surface area contributed by atoms with E-state index in [1.54, 1.807) is 70.1 Å². The van der Waals surface area contributed by atoms with Gasteiger partial charge in [-0.25, -0.2) is 18.0 Å². The Bertz CT molecular complexity index is 1820. The van der Waals surface area contributed by atoms with E-state index in [4.69, 9.17) is 36.5 Å². The lowest BCUT2D eigenvalue weighted by Gasteiger charge is -2.43. The van der Waals surface area contributed by atoms with Crippen LogP contribution in [0.15, 0.2) is 53.5 Å². The minimum Gasteiger partial charge on any atom is -0.479 e. The van der Waals surface area contributed by atoms with Crippen molar-refractivity contribution < 1.29 is 32.2 Å². The molecule has 0 bridgehead atoms. The molecule has 0 radical (unpaired) electrons. The van der Waals surface area contributed by atoms with Crippen molar-refractivity contribution in [2.75, 3.05) is 18.9 Å². The number of carbonyl (C=O) groups is 2. The van der Waals surface area contributed by atoms with Crippen molar-refractivity contribution in [2.24, 2.45) is 10.9 Å². The van der Waals surface area contributed by atoms with Crippen LogP contribution in [0.2, 0.25) is 5.02 Å². The van der Waals surface area contributed by atoms with Gasteiger partial charge in [-0.15, -0.1) is 11.3 Å². The first-order valence-electron chi connectivity index (χ1n) is 16.0. The third-order valence-electron chi connectivity index (χ3n) is 7.47. The number of nitrogens with two attached hydrogens (primary N) is 1. The Morgan fingerprint density at radius 1 is 1.06 bits per heavy atom. The van der Waals surface area contributed by atoms with E-state index in [0.29, 0.717) is 46.8 Å². The van der Waals surface area contributed by atoms with Gasteiger partial charge in [0.05, 0.1) is 16.3 Å². The quantitative estimate of drug-likeness (QED) is 0.126. The topological polar surface area (TPSA) is 138 Å². The van der Waals surface area contributed by atoms with Crippen molar-refractivity contribution in [3.63, 3.8) is 0 Å². The summed E-state index contributed by atoms with van der Waals surface area (Å²) in [6, 6.07) is 14.3. The molecule has 0 amide bonds. The van der Waals surface area contributed by atoms with Gasteiger partial charge >= 0.3 is 11.9 Å². The van der Waals surface area contributed by atoms with Crippen LogP contribution in [-0.4, -0.2) is 60.8 Å². The van der Waals surface area contributed by atoms with Crippen LogP contribution in [0, 0.1) is 5.92 Å². The maximum absolute atomic E-state index is 13.4. The Labute approximate surface area is 298 Å². The summed E-state index contributed by atoms with van der Waals surface area (Å²) in [6.45, 7) is 14.3. The average molecular weight is 732 g/mol. The number of esters is 2. The Hall–Kier alpha value is -3.45. The summed E-state index contributed by atoms with van der Waals surface area (Å²) < 4.78 is 45.2. The fourth-order valence-corrected chi connectivity index (χ4v) is 9.04. The number of halogens is 1. The maximum Gasteiger partial charge on any atom is 0.352 e. The number of nitrogen functional groups attached to an aromatic ring is 1. The van der Waals surface area contributed by atoms with Crippen molar-refractivity contribution in [1.29, 1.82) is 0 Å². The summed E-state index contributed by atoms with van der Waals surface area (Å²) in [7, 11) is -3.57. The van der Waals surface area contributed by atoms with Gasteiger partial charge in [-0.05, 0) is 110 Å². The zero-order chi connectivity index (χ0) is 36.4. The van der Waals surface area contributed by atoms with Gasteiger partial charge in [0.15, 0.2) is 17.2 Å². The minimum atomic E-state index is -3.57. The van der Waals surface area contributed by atoms with Crippen LogP contribution in [0.4, 0.5) is 11.4 Å². The van der Waals surface area contributed by atoms with Crippen molar-refractivity contribution in [3.8, 4) is 16.2 Å². The summed E-state index contributed by atoms with van der Waals surface area (Å²) >= 11 is 7.92.